The smallest absolute Gasteiger partial charge is 0.124 e. The van der Waals surface area contributed by atoms with Gasteiger partial charge in [0.15, 0.2) is 0 Å². The highest BCUT2D eigenvalue weighted by atomic mass is 19.1. The third-order valence-corrected chi connectivity index (χ3v) is 3.61. The second-order valence-electron chi connectivity index (χ2n) is 5.06. The maximum absolute atomic E-state index is 13.0. The lowest BCUT2D eigenvalue weighted by atomic mass is 10.0. The number of hydrogen-bond acceptors (Lipinski definition) is 2. The average molecular weight is 295 g/mol. The molecular weight excluding hydrogens is 277 g/mol. The van der Waals surface area contributed by atoms with Crippen molar-refractivity contribution in [2.24, 2.45) is 0 Å². The highest BCUT2D eigenvalue weighted by molar-refractivity contribution is 5.88. The van der Waals surface area contributed by atoms with Crippen molar-refractivity contribution in [1.82, 2.24) is 0 Å². The van der Waals surface area contributed by atoms with Gasteiger partial charge < -0.3 is 10.1 Å². The Labute approximate surface area is 129 Å². The van der Waals surface area contributed by atoms with Gasteiger partial charge in [0.25, 0.3) is 0 Å². The van der Waals surface area contributed by atoms with Gasteiger partial charge in [-0.15, -0.1) is 0 Å². The second-order valence-corrected chi connectivity index (χ2v) is 5.06. The molecule has 0 amide bonds. The predicted molar refractivity (Wildman–Crippen MR) is 88.8 cm³/mol. The van der Waals surface area contributed by atoms with Crippen molar-refractivity contribution >= 4 is 16.5 Å². The van der Waals surface area contributed by atoms with E-state index in [0.29, 0.717) is 13.2 Å². The number of rotatable bonds is 5. The minimum absolute atomic E-state index is 0.231. The van der Waals surface area contributed by atoms with Crippen LogP contribution in [0.5, 0.6) is 5.75 Å². The molecule has 112 valence electrons. The van der Waals surface area contributed by atoms with Crippen LogP contribution in [0.25, 0.3) is 10.8 Å². The zero-order chi connectivity index (χ0) is 15.4. The van der Waals surface area contributed by atoms with E-state index in [1.807, 2.05) is 25.1 Å². The molecule has 0 heterocycles. The molecule has 0 saturated heterocycles. The molecular formula is C19H18FNO. The van der Waals surface area contributed by atoms with E-state index in [1.54, 1.807) is 12.1 Å². The molecule has 0 aromatic heterocycles. The molecule has 3 heteroatoms. The van der Waals surface area contributed by atoms with Crippen LogP contribution in [0.3, 0.4) is 0 Å². The molecule has 0 aliphatic rings. The van der Waals surface area contributed by atoms with Crippen LogP contribution < -0.4 is 10.1 Å². The van der Waals surface area contributed by atoms with Gasteiger partial charge in [0.05, 0.1) is 6.61 Å². The fourth-order valence-electron chi connectivity index (χ4n) is 2.55. The first kappa shape index (κ1) is 14.4. The molecule has 0 aliphatic heterocycles. The van der Waals surface area contributed by atoms with Gasteiger partial charge in [0, 0.05) is 17.8 Å². The van der Waals surface area contributed by atoms with E-state index in [9.17, 15) is 4.39 Å². The van der Waals surface area contributed by atoms with Crippen molar-refractivity contribution in [2.75, 3.05) is 11.9 Å². The number of nitrogens with one attached hydrogen (secondary N) is 1. The third kappa shape index (κ3) is 3.03. The van der Waals surface area contributed by atoms with E-state index >= 15 is 0 Å². The first-order valence-corrected chi connectivity index (χ1v) is 7.41. The summed E-state index contributed by atoms with van der Waals surface area (Å²) in [4.78, 5) is 0. The van der Waals surface area contributed by atoms with Gasteiger partial charge in [-0.3, -0.25) is 0 Å². The Bertz CT molecular complexity index is 768. The number of ether oxygens (including phenoxy) is 1. The van der Waals surface area contributed by atoms with Gasteiger partial charge in [-0.05, 0) is 48.0 Å². The molecule has 3 aromatic carbocycles. The first-order valence-electron chi connectivity index (χ1n) is 7.41. The van der Waals surface area contributed by atoms with E-state index in [-0.39, 0.29) is 5.82 Å². The molecule has 3 aromatic rings. The van der Waals surface area contributed by atoms with Crippen LogP contribution in [-0.2, 0) is 6.54 Å². The van der Waals surface area contributed by atoms with Gasteiger partial charge in [-0.2, -0.15) is 0 Å². The van der Waals surface area contributed by atoms with Crippen molar-refractivity contribution in [3.8, 4) is 5.75 Å². The highest BCUT2D eigenvalue weighted by Gasteiger charge is 2.08. The number of fused-ring (bicyclic) bond motifs is 1. The Morgan fingerprint density at radius 1 is 0.955 bits per heavy atom. The van der Waals surface area contributed by atoms with Crippen LogP contribution in [0, 0.1) is 5.82 Å². The Morgan fingerprint density at radius 2 is 1.73 bits per heavy atom. The summed E-state index contributed by atoms with van der Waals surface area (Å²) in [7, 11) is 0. The predicted octanol–water partition coefficient (Wildman–Crippen LogP) is 4.99. The standard InChI is InChI=1S/C19H18FNO/c1-2-22-19-12-7-14-5-3-4-6-17(14)18(19)13-21-16-10-8-15(20)9-11-16/h3-12,21H,2,13H2,1H3. The lowest BCUT2D eigenvalue weighted by Gasteiger charge is -2.15. The number of halogens is 1. The van der Waals surface area contributed by atoms with Gasteiger partial charge in [0.1, 0.15) is 11.6 Å². The maximum Gasteiger partial charge on any atom is 0.124 e. The Kier molecular flexibility index (Phi) is 4.24. The van der Waals surface area contributed by atoms with Gasteiger partial charge >= 0.3 is 0 Å². The number of hydrogen-bond donors (Lipinski definition) is 1. The summed E-state index contributed by atoms with van der Waals surface area (Å²) >= 11 is 0. The molecule has 1 N–H and O–H groups in total. The molecule has 2 nitrogen and oxygen atoms in total. The topological polar surface area (TPSA) is 21.3 Å². The maximum atomic E-state index is 13.0. The molecule has 0 unspecified atom stereocenters. The molecule has 0 bridgehead atoms. The van der Waals surface area contributed by atoms with E-state index in [1.165, 1.54) is 22.9 Å². The van der Waals surface area contributed by atoms with Crippen LogP contribution in [-0.4, -0.2) is 6.61 Å². The normalized spacial score (nSPS) is 10.6. The van der Waals surface area contributed by atoms with Crippen LogP contribution in [0.15, 0.2) is 60.7 Å². The number of anilines is 1. The summed E-state index contributed by atoms with van der Waals surface area (Å²) in [6.45, 7) is 3.23. The molecule has 0 fully saturated rings. The average Bonchev–Trinajstić information content (AvgIpc) is 2.55. The molecule has 0 radical (unpaired) electrons. The van der Waals surface area contributed by atoms with Crippen molar-refractivity contribution in [3.05, 3.63) is 72.0 Å². The minimum Gasteiger partial charge on any atom is -0.494 e. The van der Waals surface area contributed by atoms with Crippen LogP contribution >= 0.6 is 0 Å². The van der Waals surface area contributed by atoms with Crippen molar-refractivity contribution in [1.29, 1.82) is 0 Å². The summed E-state index contributed by atoms with van der Waals surface area (Å²) < 4.78 is 18.7. The molecule has 22 heavy (non-hydrogen) atoms. The summed E-state index contributed by atoms with van der Waals surface area (Å²) in [5.41, 5.74) is 2.00. The van der Waals surface area contributed by atoms with Crippen molar-refractivity contribution in [3.63, 3.8) is 0 Å². The fraction of sp³-hybridized carbons (Fsp3) is 0.158. The van der Waals surface area contributed by atoms with Crippen molar-refractivity contribution in [2.45, 2.75) is 13.5 Å². The summed E-state index contributed by atoms with van der Waals surface area (Å²) in [5.74, 6) is 0.654. The van der Waals surface area contributed by atoms with Gasteiger partial charge in [-0.1, -0.05) is 30.3 Å². The Hall–Kier alpha value is -2.55. The second kappa shape index (κ2) is 6.48. The monoisotopic (exact) mass is 295 g/mol. The zero-order valence-electron chi connectivity index (χ0n) is 12.5. The Balaban J connectivity index is 1.93. The van der Waals surface area contributed by atoms with E-state index < -0.39 is 0 Å². The Morgan fingerprint density at radius 3 is 2.50 bits per heavy atom. The fourth-order valence-corrected chi connectivity index (χ4v) is 2.55. The van der Waals surface area contributed by atoms with E-state index in [0.717, 1.165) is 17.0 Å². The van der Waals surface area contributed by atoms with Crippen LogP contribution in [0.1, 0.15) is 12.5 Å². The quantitative estimate of drug-likeness (QED) is 0.716. The molecule has 0 spiro atoms. The number of benzene rings is 3. The molecule has 0 aliphatic carbocycles. The zero-order valence-corrected chi connectivity index (χ0v) is 12.5. The van der Waals surface area contributed by atoms with Gasteiger partial charge in [-0.25, -0.2) is 4.39 Å². The lowest BCUT2D eigenvalue weighted by molar-refractivity contribution is 0.337. The minimum atomic E-state index is -0.231. The molecule has 0 atom stereocenters. The van der Waals surface area contributed by atoms with Crippen molar-refractivity contribution < 1.29 is 9.13 Å². The molecule has 3 rings (SSSR count). The highest BCUT2D eigenvalue weighted by Crippen LogP contribution is 2.29. The van der Waals surface area contributed by atoms with E-state index in [4.69, 9.17) is 4.74 Å². The summed E-state index contributed by atoms with van der Waals surface area (Å²) in [6.07, 6.45) is 0. The third-order valence-electron chi connectivity index (χ3n) is 3.61. The molecule has 0 saturated carbocycles. The van der Waals surface area contributed by atoms with E-state index in [2.05, 4.69) is 23.5 Å². The summed E-state index contributed by atoms with van der Waals surface area (Å²) in [6, 6.07) is 18.7. The largest absolute Gasteiger partial charge is 0.494 e. The summed E-state index contributed by atoms with van der Waals surface area (Å²) in [5, 5.41) is 5.68. The van der Waals surface area contributed by atoms with Crippen LogP contribution in [0.4, 0.5) is 10.1 Å². The SMILES string of the molecule is CCOc1ccc2ccccc2c1CNc1ccc(F)cc1. The lowest BCUT2D eigenvalue weighted by Crippen LogP contribution is -2.04. The van der Waals surface area contributed by atoms with Gasteiger partial charge in [0.2, 0.25) is 0 Å². The first-order chi connectivity index (χ1) is 10.8. The van der Waals surface area contributed by atoms with Crippen LogP contribution in [0.2, 0.25) is 0 Å².